The van der Waals surface area contributed by atoms with Crippen LogP contribution < -0.4 is 10.1 Å². The third kappa shape index (κ3) is 4.54. The number of aryl methyl sites for hydroxylation is 1. The molecule has 0 bridgehead atoms. The van der Waals surface area contributed by atoms with E-state index >= 15 is 0 Å². The van der Waals surface area contributed by atoms with Crippen LogP contribution in [0.5, 0.6) is 5.75 Å². The third-order valence-corrected chi connectivity index (χ3v) is 4.50. The predicted octanol–water partition coefficient (Wildman–Crippen LogP) is 4.12. The highest BCUT2D eigenvalue weighted by Gasteiger charge is 2.06. The Kier molecular flexibility index (Phi) is 5.61. The predicted molar refractivity (Wildman–Crippen MR) is 101 cm³/mol. The van der Waals surface area contributed by atoms with Crippen molar-refractivity contribution >= 4 is 28.4 Å². The second-order valence-electron chi connectivity index (χ2n) is 5.95. The van der Waals surface area contributed by atoms with Gasteiger partial charge in [-0.05, 0) is 48.2 Å². The molecule has 3 rings (SSSR count). The van der Waals surface area contributed by atoms with Gasteiger partial charge >= 0.3 is 0 Å². The minimum absolute atomic E-state index is 0.0662. The molecule has 130 valence electrons. The van der Waals surface area contributed by atoms with Gasteiger partial charge in [0.1, 0.15) is 5.75 Å². The highest BCUT2D eigenvalue weighted by molar-refractivity contribution is 6.30. The molecular weight excluding hydrogens is 336 g/mol. The van der Waals surface area contributed by atoms with Gasteiger partial charge in [0.05, 0.1) is 7.11 Å². The van der Waals surface area contributed by atoms with Crippen molar-refractivity contribution in [1.82, 2.24) is 10.3 Å². The van der Waals surface area contributed by atoms with E-state index < -0.39 is 0 Å². The number of methoxy groups -OCH3 is 1. The average molecular weight is 357 g/mol. The second kappa shape index (κ2) is 8.08. The normalized spacial score (nSPS) is 10.8. The summed E-state index contributed by atoms with van der Waals surface area (Å²) in [5.41, 5.74) is 3.35. The molecule has 5 heteroatoms. The minimum Gasteiger partial charge on any atom is -0.497 e. The van der Waals surface area contributed by atoms with Gasteiger partial charge in [-0.1, -0.05) is 23.7 Å². The quantitative estimate of drug-likeness (QED) is 0.669. The average Bonchev–Trinajstić information content (AvgIpc) is 3.03. The summed E-state index contributed by atoms with van der Waals surface area (Å²) in [5, 5.41) is 4.86. The molecule has 0 atom stereocenters. The van der Waals surface area contributed by atoms with Gasteiger partial charge in [0.2, 0.25) is 5.91 Å². The fourth-order valence-corrected chi connectivity index (χ4v) is 2.96. The van der Waals surface area contributed by atoms with Crippen LogP contribution in [0.15, 0.2) is 48.7 Å². The SMILES string of the molecule is COc1ccc2c(CCNC(=O)CCc3ccc(Cl)cc3)c[nH]c2c1. The van der Waals surface area contributed by atoms with Crippen molar-refractivity contribution in [2.24, 2.45) is 0 Å². The van der Waals surface area contributed by atoms with Crippen molar-refractivity contribution in [2.75, 3.05) is 13.7 Å². The van der Waals surface area contributed by atoms with E-state index in [1.807, 2.05) is 48.7 Å². The fraction of sp³-hybridized carbons (Fsp3) is 0.250. The number of halogens is 1. The van der Waals surface area contributed by atoms with Crippen LogP contribution in [-0.4, -0.2) is 24.5 Å². The van der Waals surface area contributed by atoms with Gasteiger partial charge in [-0.2, -0.15) is 0 Å². The second-order valence-corrected chi connectivity index (χ2v) is 6.39. The van der Waals surface area contributed by atoms with Crippen LogP contribution >= 0.6 is 11.6 Å². The molecule has 0 unspecified atom stereocenters. The maximum Gasteiger partial charge on any atom is 0.220 e. The Labute approximate surface area is 152 Å². The van der Waals surface area contributed by atoms with Crippen molar-refractivity contribution < 1.29 is 9.53 Å². The van der Waals surface area contributed by atoms with E-state index in [-0.39, 0.29) is 5.91 Å². The molecule has 0 fully saturated rings. The molecule has 1 aromatic heterocycles. The minimum atomic E-state index is 0.0662. The van der Waals surface area contributed by atoms with Crippen LogP contribution in [0.4, 0.5) is 0 Å². The van der Waals surface area contributed by atoms with E-state index in [4.69, 9.17) is 16.3 Å². The van der Waals surface area contributed by atoms with E-state index in [0.29, 0.717) is 18.0 Å². The molecule has 2 N–H and O–H groups in total. The molecule has 0 radical (unpaired) electrons. The van der Waals surface area contributed by atoms with Crippen molar-refractivity contribution in [3.63, 3.8) is 0 Å². The standard InChI is InChI=1S/C20H21ClN2O2/c1-25-17-7-8-18-15(13-23-19(18)12-17)10-11-22-20(24)9-4-14-2-5-16(21)6-3-14/h2-3,5-8,12-13,23H,4,9-11H2,1H3,(H,22,24). The zero-order valence-electron chi connectivity index (χ0n) is 14.1. The van der Waals surface area contributed by atoms with Gasteiger partial charge in [0.15, 0.2) is 0 Å². The maximum atomic E-state index is 12.0. The van der Waals surface area contributed by atoms with Crippen LogP contribution in [0.25, 0.3) is 10.9 Å². The van der Waals surface area contributed by atoms with E-state index in [0.717, 1.165) is 35.1 Å². The lowest BCUT2D eigenvalue weighted by molar-refractivity contribution is -0.121. The Morgan fingerprint density at radius 3 is 2.72 bits per heavy atom. The number of H-pyrrole nitrogens is 1. The van der Waals surface area contributed by atoms with Gasteiger partial charge in [-0.25, -0.2) is 0 Å². The van der Waals surface area contributed by atoms with Crippen molar-refractivity contribution in [3.8, 4) is 5.75 Å². The maximum absolute atomic E-state index is 12.0. The molecule has 0 aliphatic rings. The molecule has 1 amide bonds. The van der Waals surface area contributed by atoms with Gasteiger partial charge in [-0.3, -0.25) is 4.79 Å². The number of aromatic nitrogens is 1. The van der Waals surface area contributed by atoms with E-state index in [9.17, 15) is 4.79 Å². The van der Waals surface area contributed by atoms with E-state index in [1.165, 1.54) is 5.56 Å². The number of fused-ring (bicyclic) bond motifs is 1. The number of benzene rings is 2. The zero-order chi connectivity index (χ0) is 17.6. The van der Waals surface area contributed by atoms with E-state index in [2.05, 4.69) is 10.3 Å². The largest absolute Gasteiger partial charge is 0.497 e. The van der Waals surface area contributed by atoms with Crippen LogP contribution in [0.1, 0.15) is 17.5 Å². The molecule has 0 aliphatic carbocycles. The number of hydrogen-bond acceptors (Lipinski definition) is 2. The molecular formula is C20H21ClN2O2. The zero-order valence-corrected chi connectivity index (χ0v) is 14.9. The lowest BCUT2D eigenvalue weighted by Gasteiger charge is -2.06. The molecule has 0 saturated carbocycles. The van der Waals surface area contributed by atoms with Crippen molar-refractivity contribution in [3.05, 3.63) is 64.8 Å². The molecule has 4 nitrogen and oxygen atoms in total. The van der Waals surface area contributed by atoms with Crippen LogP contribution in [0.2, 0.25) is 5.02 Å². The number of nitrogens with one attached hydrogen (secondary N) is 2. The highest BCUT2D eigenvalue weighted by Crippen LogP contribution is 2.23. The number of carbonyl (C=O) groups is 1. The number of rotatable bonds is 7. The van der Waals surface area contributed by atoms with Gasteiger partial charge in [-0.15, -0.1) is 0 Å². The lowest BCUT2D eigenvalue weighted by atomic mass is 10.1. The third-order valence-electron chi connectivity index (χ3n) is 4.25. The van der Waals surface area contributed by atoms with Gasteiger partial charge in [0, 0.05) is 41.2 Å². The van der Waals surface area contributed by atoms with Crippen LogP contribution in [-0.2, 0) is 17.6 Å². The van der Waals surface area contributed by atoms with Gasteiger partial charge < -0.3 is 15.0 Å². The molecule has 2 aromatic carbocycles. The summed E-state index contributed by atoms with van der Waals surface area (Å²) in [7, 11) is 1.66. The number of ether oxygens (including phenoxy) is 1. The van der Waals surface area contributed by atoms with Crippen molar-refractivity contribution in [1.29, 1.82) is 0 Å². The summed E-state index contributed by atoms with van der Waals surface area (Å²) in [6.45, 7) is 0.623. The Morgan fingerprint density at radius 2 is 1.96 bits per heavy atom. The van der Waals surface area contributed by atoms with Crippen LogP contribution in [0, 0.1) is 0 Å². The number of carbonyl (C=O) groups excluding carboxylic acids is 1. The fourth-order valence-electron chi connectivity index (χ4n) is 2.83. The summed E-state index contributed by atoms with van der Waals surface area (Å²) in [6, 6.07) is 13.6. The molecule has 0 aliphatic heterocycles. The summed E-state index contributed by atoms with van der Waals surface area (Å²) >= 11 is 5.86. The molecule has 0 saturated heterocycles. The summed E-state index contributed by atoms with van der Waals surface area (Å²) in [4.78, 5) is 15.2. The Bertz CT molecular complexity index is 856. The Morgan fingerprint density at radius 1 is 1.16 bits per heavy atom. The first-order valence-corrected chi connectivity index (χ1v) is 8.68. The molecule has 1 heterocycles. The first kappa shape index (κ1) is 17.4. The smallest absolute Gasteiger partial charge is 0.220 e. The summed E-state index contributed by atoms with van der Waals surface area (Å²) < 4.78 is 5.23. The monoisotopic (exact) mass is 356 g/mol. The highest BCUT2D eigenvalue weighted by atomic mass is 35.5. The number of hydrogen-bond donors (Lipinski definition) is 2. The first-order valence-electron chi connectivity index (χ1n) is 8.31. The van der Waals surface area contributed by atoms with Crippen molar-refractivity contribution in [2.45, 2.75) is 19.3 Å². The summed E-state index contributed by atoms with van der Waals surface area (Å²) in [5.74, 6) is 0.896. The van der Waals surface area contributed by atoms with E-state index in [1.54, 1.807) is 7.11 Å². The lowest BCUT2D eigenvalue weighted by Crippen LogP contribution is -2.25. The van der Waals surface area contributed by atoms with Crippen LogP contribution in [0.3, 0.4) is 0 Å². The molecule has 0 spiro atoms. The van der Waals surface area contributed by atoms with Gasteiger partial charge in [0.25, 0.3) is 0 Å². The Balaban J connectivity index is 1.47. The topological polar surface area (TPSA) is 54.1 Å². The Hall–Kier alpha value is -2.46. The first-order chi connectivity index (χ1) is 12.2. The molecule has 3 aromatic rings. The summed E-state index contributed by atoms with van der Waals surface area (Å²) in [6.07, 6.45) is 3.98. The number of amides is 1. The molecule has 25 heavy (non-hydrogen) atoms. The number of aromatic amines is 1.